The minimum atomic E-state index is -0.434. The number of ether oxygens (including phenoxy) is 1. The van der Waals surface area contributed by atoms with Crippen molar-refractivity contribution < 1.29 is 9.53 Å². The Morgan fingerprint density at radius 2 is 1.81 bits per heavy atom. The summed E-state index contributed by atoms with van der Waals surface area (Å²) in [4.78, 5) is 11.6. The van der Waals surface area contributed by atoms with Gasteiger partial charge in [0.2, 0.25) is 0 Å². The molecule has 1 aliphatic rings. The number of amides is 1. The van der Waals surface area contributed by atoms with E-state index in [0.717, 1.165) is 19.4 Å². The molecule has 4 heteroatoms. The average molecular weight is 290 g/mol. The lowest BCUT2D eigenvalue weighted by Crippen LogP contribution is -2.52. The zero-order chi connectivity index (χ0) is 15.5. The van der Waals surface area contributed by atoms with Crippen LogP contribution in [0, 0.1) is 6.92 Å². The molecule has 4 nitrogen and oxygen atoms in total. The molecule has 0 bridgehead atoms. The summed E-state index contributed by atoms with van der Waals surface area (Å²) in [5, 5.41) is 6.42. The second-order valence-electron chi connectivity index (χ2n) is 6.88. The quantitative estimate of drug-likeness (QED) is 0.895. The molecule has 1 amide bonds. The number of carbonyl (C=O) groups excluding carboxylic acids is 1. The molecular weight excluding hydrogens is 264 g/mol. The van der Waals surface area contributed by atoms with Crippen molar-refractivity contribution in [2.75, 3.05) is 0 Å². The van der Waals surface area contributed by atoms with Gasteiger partial charge in [0.05, 0.1) is 0 Å². The molecule has 1 fully saturated rings. The summed E-state index contributed by atoms with van der Waals surface area (Å²) in [6.07, 6.45) is 1.61. The highest BCUT2D eigenvalue weighted by molar-refractivity contribution is 5.68. The summed E-state index contributed by atoms with van der Waals surface area (Å²) in [6.45, 7) is 8.60. The average Bonchev–Trinajstić information content (AvgIpc) is 2.31. The fourth-order valence-corrected chi connectivity index (χ4v) is 2.34. The normalized spacial score (nSPS) is 21.5. The first-order valence-electron chi connectivity index (χ1n) is 7.60. The van der Waals surface area contributed by atoms with Crippen LogP contribution in [0.3, 0.4) is 0 Å². The molecule has 21 heavy (non-hydrogen) atoms. The second kappa shape index (κ2) is 6.48. The molecule has 0 spiro atoms. The van der Waals surface area contributed by atoms with E-state index < -0.39 is 5.60 Å². The lowest BCUT2D eigenvalue weighted by atomic mass is 9.86. The highest BCUT2D eigenvalue weighted by atomic mass is 16.6. The molecule has 1 aromatic rings. The van der Waals surface area contributed by atoms with E-state index in [1.54, 1.807) is 0 Å². The number of carbonyl (C=O) groups is 1. The molecule has 1 aliphatic carbocycles. The standard InChI is InChI=1S/C17H26N2O2/c1-12-5-7-13(8-6-12)11-18-14-9-15(10-14)19-16(20)21-17(2,3)4/h5-8,14-15,18H,9-11H2,1-4H3,(H,19,20). The van der Waals surface area contributed by atoms with Crippen LogP contribution < -0.4 is 10.6 Å². The lowest BCUT2D eigenvalue weighted by Gasteiger charge is -2.36. The highest BCUT2D eigenvalue weighted by Crippen LogP contribution is 2.21. The van der Waals surface area contributed by atoms with Crippen LogP contribution in [-0.2, 0) is 11.3 Å². The Morgan fingerprint density at radius 1 is 1.19 bits per heavy atom. The van der Waals surface area contributed by atoms with Gasteiger partial charge in [-0.2, -0.15) is 0 Å². The van der Waals surface area contributed by atoms with E-state index in [1.165, 1.54) is 11.1 Å². The summed E-state index contributed by atoms with van der Waals surface area (Å²) >= 11 is 0. The van der Waals surface area contributed by atoms with Gasteiger partial charge in [-0.15, -0.1) is 0 Å². The number of hydrogen-bond donors (Lipinski definition) is 2. The fourth-order valence-electron chi connectivity index (χ4n) is 2.34. The van der Waals surface area contributed by atoms with E-state index in [2.05, 4.69) is 41.8 Å². The molecule has 2 rings (SSSR count). The van der Waals surface area contributed by atoms with Crippen molar-refractivity contribution in [2.45, 2.75) is 64.8 Å². The van der Waals surface area contributed by atoms with Gasteiger partial charge in [0.25, 0.3) is 0 Å². The Morgan fingerprint density at radius 3 is 2.38 bits per heavy atom. The number of rotatable bonds is 4. The van der Waals surface area contributed by atoms with Gasteiger partial charge >= 0.3 is 6.09 Å². The van der Waals surface area contributed by atoms with Gasteiger partial charge in [0.1, 0.15) is 5.60 Å². The highest BCUT2D eigenvalue weighted by Gasteiger charge is 2.31. The Bertz CT molecular complexity index is 471. The Balaban J connectivity index is 1.63. The van der Waals surface area contributed by atoms with Crippen molar-refractivity contribution >= 4 is 6.09 Å². The Kier molecular flexibility index (Phi) is 4.88. The van der Waals surface area contributed by atoms with Gasteiger partial charge in [0, 0.05) is 18.6 Å². The van der Waals surface area contributed by atoms with E-state index in [4.69, 9.17) is 4.74 Å². The summed E-state index contributed by atoms with van der Waals surface area (Å²) in [5.74, 6) is 0. The molecule has 0 aromatic heterocycles. The number of aryl methyl sites for hydroxylation is 1. The van der Waals surface area contributed by atoms with Crippen molar-refractivity contribution in [3.05, 3.63) is 35.4 Å². The van der Waals surface area contributed by atoms with Crippen molar-refractivity contribution in [2.24, 2.45) is 0 Å². The third kappa shape index (κ3) is 5.38. The zero-order valence-electron chi connectivity index (χ0n) is 13.4. The van der Waals surface area contributed by atoms with Gasteiger partial charge in [-0.3, -0.25) is 0 Å². The molecule has 1 saturated carbocycles. The number of alkyl carbamates (subject to hydrolysis) is 1. The van der Waals surface area contributed by atoms with E-state index in [1.807, 2.05) is 20.8 Å². The van der Waals surface area contributed by atoms with Crippen LogP contribution in [0.1, 0.15) is 44.7 Å². The van der Waals surface area contributed by atoms with Gasteiger partial charge in [-0.1, -0.05) is 29.8 Å². The topological polar surface area (TPSA) is 50.4 Å². The first-order valence-corrected chi connectivity index (χ1v) is 7.60. The molecular formula is C17H26N2O2. The van der Waals surface area contributed by atoms with Crippen molar-refractivity contribution in [1.82, 2.24) is 10.6 Å². The number of hydrogen-bond acceptors (Lipinski definition) is 3. The van der Waals surface area contributed by atoms with Crippen LogP contribution in [-0.4, -0.2) is 23.8 Å². The van der Waals surface area contributed by atoms with Crippen LogP contribution in [0.4, 0.5) is 4.79 Å². The van der Waals surface area contributed by atoms with Gasteiger partial charge < -0.3 is 15.4 Å². The minimum absolute atomic E-state index is 0.232. The van der Waals surface area contributed by atoms with E-state index in [0.29, 0.717) is 6.04 Å². The molecule has 2 N–H and O–H groups in total. The van der Waals surface area contributed by atoms with Crippen molar-refractivity contribution in [1.29, 1.82) is 0 Å². The van der Waals surface area contributed by atoms with Crippen molar-refractivity contribution in [3.8, 4) is 0 Å². The first-order chi connectivity index (χ1) is 9.82. The zero-order valence-corrected chi connectivity index (χ0v) is 13.4. The maximum atomic E-state index is 11.6. The molecule has 0 saturated heterocycles. The van der Waals surface area contributed by atoms with Gasteiger partial charge in [0.15, 0.2) is 0 Å². The largest absolute Gasteiger partial charge is 0.444 e. The summed E-state index contributed by atoms with van der Waals surface area (Å²) in [7, 11) is 0. The molecule has 0 radical (unpaired) electrons. The summed E-state index contributed by atoms with van der Waals surface area (Å²) in [5.41, 5.74) is 2.14. The molecule has 0 atom stereocenters. The maximum Gasteiger partial charge on any atom is 0.407 e. The van der Waals surface area contributed by atoms with Crippen LogP contribution in [0.25, 0.3) is 0 Å². The monoisotopic (exact) mass is 290 g/mol. The van der Waals surface area contributed by atoms with Crippen LogP contribution >= 0.6 is 0 Å². The molecule has 0 heterocycles. The number of nitrogens with one attached hydrogen (secondary N) is 2. The van der Waals surface area contributed by atoms with Crippen LogP contribution in [0.5, 0.6) is 0 Å². The predicted octanol–water partition coefficient (Wildman–Crippen LogP) is 3.14. The van der Waals surface area contributed by atoms with E-state index in [9.17, 15) is 4.79 Å². The van der Waals surface area contributed by atoms with E-state index >= 15 is 0 Å². The third-order valence-corrected chi connectivity index (χ3v) is 3.57. The summed E-state index contributed by atoms with van der Waals surface area (Å²) < 4.78 is 5.25. The summed E-state index contributed by atoms with van der Waals surface area (Å²) in [6, 6.07) is 9.27. The minimum Gasteiger partial charge on any atom is -0.444 e. The SMILES string of the molecule is Cc1ccc(CNC2CC(NC(=O)OC(C)(C)C)C2)cc1. The molecule has 0 aliphatic heterocycles. The molecule has 116 valence electrons. The number of benzene rings is 1. The predicted molar refractivity (Wildman–Crippen MR) is 84.2 cm³/mol. The van der Waals surface area contributed by atoms with Gasteiger partial charge in [-0.05, 0) is 46.1 Å². The molecule has 1 aromatic carbocycles. The van der Waals surface area contributed by atoms with Crippen LogP contribution in [0.15, 0.2) is 24.3 Å². The lowest BCUT2D eigenvalue weighted by molar-refractivity contribution is 0.0465. The third-order valence-electron chi connectivity index (χ3n) is 3.57. The fraction of sp³-hybridized carbons (Fsp3) is 0.588. The van der Waals surface area contributed by atoms with Crippen LogP contribution in [0.2, 0.25) is 0 Å². The Labute approximate surface area is 127 Å². The van der Waals surface area contributed by atoms with Crippen molar-refractivity contribution in [3.63, 3.8) is 0 Å². The smallest absolute Gasteiger partial charge is 0.407 e. The Hall–Kier alpha value is -1.55. The second-order valence-corrected chi connectivity index (χ2v) is 6.88. The van der Waals surface area contributed by atoms with Gasteiger partial charge in [-0.25, -0.2) is 4.79 Å². The first kappa shape index (κ1) is 15.8. The molecule has 0 unspecified atom stereocenters. The maximum absolute atomic E-state index is 11.6. The van der Waals surface area contributed by atoms with E-state index in [-0.39, 0.29) is 12.1 Å².